The van der Waals surface area contributed by atoms with Gasteiger partial charge in [-0.05, 0) is 24.9 Å². The quantitative estimate of drug-likeness (QED) is 0.634. The molecule has 16 heavy (non-hydrogen) atoms. The van der Waals surface area contributed by atoms with E-state index in [1.807, 2.05) is 11.8 Å². The van der Waals surface area contributed by atoms with Crippen molar-refractivity contribution in [1.29, 1.82) is 0 Å². The van der Waals surface area contributed by atoms with Crippen LogP contribution in [0.15, 0.2) is 0 Å². The van der Waals surface area contributed by atoms with E-state index in [9.17, 15) is 9.59 Å². The molecule has 94 valence electrons. The second-order valence-electron chi connectivity index (χ2n) is 3.54. The highest BCUT2D eigenvalue weighted by atomic mass is 32.2. The van der Waals surface area contributed by atoms with Gasteiger partial charge in [-0.15, -0.1) is 0 Å². The maximum Gasteiger partial charge on any atom is 0.323 e. The highest BCUT2D eigenvalue weighted by Gasteiger charge is 2.10. The Bertz CT molecular complexity index is 224. The van der Waals surface area contributed by atoms with Crippen molar-refractivity contribution in [3.63, 3.8) is 0 Å². The van der Waals surface area contributed by atoms with Crippen LogP contribution in [0.2, 0.25) is 0 Å². The lowest BCUT2D eigenvalue weighted by Crippen LogP contribution is -2.40. The van der Waals surface area contributed by atoms with Gasteiger partial charge in [0.25, 0.3) is 0 Å². The van der Waals surface area contributed by atoms with E-state index in [-0.39, 0.29) is 12.6 Å². The monoisotopic (exact) mass is 248 g/mol. The van der Waals surface area contributed by atoms with Crippen LogP contribution in [-0.2, 0) is 4.79 Å². The molecule has 0 rings (SSSR count). The summed E-state index contributed by atoms with van der Waals surface area (Å²) in [5, 5.41) is 11.2. The molecule has 0 heterocycles. The van der Waals surface area contributed by atoms with Crippen molar-refractivity contribution in [2.24, 2.45) is 0 Å². The average Bonchev–Trinajstić information content (AvgIpc) is 2.21. The Morgan fingerprint density at radius 1 is 1.31 bits per heavy atom. The molecule has 0 aromatic carbocycles. The van der Waals surface area contributed by atoms with Gasteiger partial charge in [-0.25, -0.2) is 4.79 Å². The Morgan fingerprint density at radius 2 is 2.00 bits per heavy atom. The molecule has 0 aromatic heterocycles. The molecule has 0 aliphatic rings. The standard InChI is InChI=1S/C10H20N2O3S/c1-12(8-9(13)14)10(15)11-6-4-3-5-7-16-2/h3-8H2,1-2H3,(H,11,15)(H,13,14). The Morgan fingerprint density at radius 3 is 2.56 bits per heavy atom. The summed E-state index contributed by atoms with van der Waals surface area (Å²) < 4.78 is 0. The average molecular weight is 248 g/mol. The van der Waals surface area contributed by atoms with Gasteiger partial charge in [0.05, 0.1) is 0 Å². The van der Waals surface area contributed by atoms with Gasteiger partial charge in [0.2, 0.25) is 0 Å². The van der Waals surface area contributed by atoms with Gasteiger partial charge >= 0.3 is 12.0 Å². The molecule has 0 aromatic rings. The molecule has 0 spiro atoms. The zero-order chi connectivity index (χ0) is 12.4. The van der Waals surface area contributed by atoms with E-state index in [0.717, 1.165) is 29.9 Å². The molecular formula is C10H20N2O3S. The number of carboxylic acid groups (broad SMARTS) is 1. The second kappa shape index (κ2) is 9.33. The first kappa shape index (κ1) is 15.1. The summed E-state index contributed by atoms with van der Waals surface area (Å²) in [5.74, 6) is 0.143. The molecule has 2 amide bonds. The summed E-state index contributed by atoms with van der Waals surface area (Å²) in [6.45, 7) is 0.343. The molecule has 0 radical (unpaired) electrons. The molecule has 0 unspecified atom stereocenters. The maximum absolute atomic E-state index is 11.3. The van der Waals surface area contributed by atoms with Gasteiger partial charge in [0.15, 0.2) is 0 Å². The van der Waals surface area contributed by atoms with Gasteiger partial charge in [-0.1, -0.05) is 6.42 Å². The van der Waals surface area contributed by atoms with Crippen LogP contribution in [0.3, 0.4) is 0 Å². The van der Waals surface area contributed by atoms with Crippen molar-refractivity contribution in [2.45, 2.75) is 19.3 Å². The second-order valence-corrected chi connectivity index (χ2v) is 4.52. The van der Waals surface area contributed by atoms with Crippen LogP contribution in [0.4, 0.5) is 4.79 Å². The van der Waals surface area contributed by atoms with Crippen LogP contribution in [0.5, 0.6) is 0 Å². The lowest BCUT2D eigenvalue weighted by Gasteiger charge is -2.15. The molecule has 5 nitrogen and oxygen atoms in total. The lowest BCUT2D eigenvalue weighted by atomic mass is 10.2. The molecule has 0 atom stereocenters. The molecule has 6 heteroatoms. The number of unbranched alkanes of at least 4 members (excludes halogenated alkanes) is 2. The fraction of sp³-hybridized carbons (Fsp3) is 0.800. The minimum Gasteiger partial charge on any atom is -0.480 e. The van der Waals surface area contributed by atoms with Crippen molar-refractivity contribution in [1.82, 2.24) is 10.2 Å². The zero-order valence-corrected chi connectivity index (χ0v) is 10.7. The summed E-state index contributed by atoms with van der Waals surface area (Å²) in [4.78, 5) is 22.8. The Kier molecular flexibility index (Phi) is 8.80. The molecule has 0 fully saturated rings. The summed E-state index contributed by atoms with van der Waals surface area (Å²) in [6.07, 6.45) is 5.25. The molecule has 0 saturated carbocycles. The van der Waals surface area contributed by atoms with E-state index in [2.05, 4.69) is 11.6 Å². The first-order valence-corrected chi connectivity index (χ1v) is 6.67. The summed E-state index contributed by atoms with van der Waals surface area (Å²) in [6, 6.07) is -0.327. The summed E-state index contributed by atoms with van der Waals surface area (Å²) in [5.41, 5.74) is 0. The number of likely N-dealkylation sites (N-methyl/N-ethyl adjacent to an activating group) is 1. The number of hydrogen-bond donors (Lipinski definition) is 2. The van der Waals surface area contributed by atoms with Crippen LogP contribution in [0.1, 0.15) is 19.3 Å². The maximum atomic E-state index is 11.3. The third kappa shape index (κ3) is 8.40. The number of carbonyl (C=O) groups excluding carboxylic acids is 1. The number of carboxylic acids is 1. The lowest BCUT2D eigenvalue weighted by molar-refractivity contribution is -0.137. The van der Waals surface area contributed by atoms with Gasteiger partial charge in [0.1, 0.15) is 6.54 Å². The van der Waals surface area contributed by atoms with Crippen LogP contribution < -0.4 is 5.32 Å². The van der Waals surface area contributed by atoms with E-state index in [1.54, 1.807) is 0 Å². The van der Waals surface area contributed by atoms with Gasteiger partial charge in [0, 0.05) is 13.6 Å². The number of urea groups is 1. The predicted molar refractivity (Wildman–Crippen MR) is 65.9 cm³/mol. The smallest absolute Gasteiger partial charge is 0.323 e. The van der Waals surface area contributed by atoms with Crippen molar-refractivity contribution >= 4 is 23.8 Å². The van der Waals surface area contributed by atoms with Crippen LogP contribution in [0, 0.1) is 0 Å². The van der Waals surface area contributed by atoms with Crippen LogP contribution >= 0.6 is 11.8 Å². The first-order valence-electron chi connectivity index (χ1n) is 5.27. The Labute approximate surface area is 101 Å². The van der Waals surface area contributed by atoms with E-state index in [1.165, 1.54) is 7.05 Å². The number of thioether (sulfide) groups is 1. The van der Waals surface area contributed by atoms with E-state index >= 15 is 0 Å². The van der Waals surface area contributed by atoms with Crippen LogP contribution in [0.25, 0.3) is 0 Å². The SMILES string of the molecule is CSCCCCCNC(=O)N(C)CC(=O)O. The van der Waals surface area contributed by atoms with E-state index in [4.69, 9.17) is 5.11 Å². The number of nitrogens with zero attached hydrogens (tertiary/aromatic N) is 1. The number of carbonyl (C=O) groups is 2. The molecular weight excluding hydrogens is 228 g/mol. The summed E-state index contributed by atoms with van der Waals surface area (Å²) >= 11 is 1.82. The zero-order valence-electron chi connectivity index (χ0n) is 9.86. The molecule has 0 aliphatic carbocycles. The molecule has 2 N–H and O–H groups in total. The number of nitrogens with one attached hydrogen (secondary N) is 1. The number of amides is 2. The van der Waals surface area contributed by atoms with Gasteiger partial charge in [-0.3, -0.25) is 4.79 Å². The fourth-order valence-corrected chi connectivity index (χ4v) is 1.65. The molecule has 0 bridgehead atoms. The van der Waals surface area contributed by atoms with E-state index < -0.39 is 5.97 Å². The van der Waals surface area contributed by atoms with Gasteiger partial charge in [-0.2, -0.15) is 11.8 Å². The number of rotatable bonds is 8. The normalized spacial score (nSPS) is 9.88. The number of aliphatic carboxylic acids is 1. The van der Waals surface area contributed by atoms with Crippen molar-refractivity contribution < 1.29 is 14.7 Å². The third-order valence-electron chi connectivity index (χ3n) is 2.02. The number of hydrogen-bond acceptors (Lipinski definition) is 3. The first-order chi connectivity index (χ1) is 7.57. The minimum atomic E-state index is -1.00. The fourth-order valence-electron chi connectivity index (χ4n) is 1.15. The third-order valence-corrected chi connectivity index (χ3v) is 2.72. The van der Waals surface area contributed by atoms with Crippen molar-refractivity contribution in [3.05, 3.63) is 0 Å². The largest absolute Gasteiger partial charge is 0.480 e. The van der Waals surface area contributed by atoms with Crippen LogP contribution in [-0.4, -0.2) is 54.2 Å². The summed E-state index contributed by atoms with van der Waals surface area (Å²) in [7, 11) is 1.47. The highest BCUT2D eigenvalue weighted by molar-refractivity contribution is 7.98. The van der Waals surface area contributed by atoms with Crippen molar-refractivity contribution in [3.8, 4) is 0 Å². The van der Waals surface area contributed by atoms with Gasteiger partial charge < -0.3 is 15.3 Å². The van der Waals surface area contributed by atoms with Crippen molar-refractivity contribution in [2.75, 3.05) is 32.1 Å². The predicted octanol–water partition coefficient (Wildman–Crippen LogP) is 1.25. The Hall–Kier alpha value is -0.910. The van der Waals surface area contributed by atoms with E-state index in [0.29, 0.717) is 6.54 Å². The minimum absolute atomic E-state index is 0.266. The Balaban J connectivity index is 3.46. The molecule has 0 saturated heterocycles. The topological polar surface area (TPSA) is 69.6 Å². The highest BCUT2D eigenvalue weighted by Crippen LogP contribution is 2.01. The molecule has 0 aliphatic heterocycles.